The first kappa shape index (κ1) is 18.2. The third kappa shape index (κ3) is 3.22. The van der Waals surface area contributed by atoms with Crippen molar-refractivity contribution in [1.82, 2.24) is 4.31 Å². The number of carboxylic acids is 1. The van der Waals surface area contributed by atoms with E-state index in [9.17, 15) is 26.4 Å². The zero-order valence-electron chi connectivity index (χ0n) is 12.4. The predicted octanol–water partition coefficient (Wildman–Crippen LogP) is 1.75. The number of hydrogen-bond acceptors (Lipinski definition) is 4. The largest absolute Gasteiger partial charge is 0.481 e. The molecule has 0 aromatic heterocycles. The van der Waals surface area contributed by atoms with Gasteiger partial charge in [-0.2, -0.15) is 22.7 Å². The molecule has 6 nitrogen and oxygen atoms in total. The molecule has 1 aromatic carbocycles. The van der Waals surface area contributed by atoms with E-state index in [0.717, 1.165) is 6.07 Å². The number of benzene rings is 1. The number of hydrogen-bond donors (Lipinski definition) is 1. The third-order valence-electron chi connectivity index (χ3n) is 3.98. The molecule has 2 atom stereocenters. The number of aliphatic carboxylic acids is 1. The van der Waals surface area contributed by atoms with Crippen molar-refractivity contribution in [3.05, 3.63) is 29.3 Å². The summed E-state index contributed by atoms with van der Waals surface area (Å²) in [6, 6.07) is 5.42. The normalized spacial score (nSPS) is 22.3. The lowest BCUT2D eigenvalue weighted by molar-refractivity contribution is -0.187. The van der Waals surface area contributed by atoms with Crippen LogP contribution in [0.4, 0.5) is 13.2 Å². The number of nitrogens with zero attached hydrogens (tertiary/aromatic N) is 2. The molecule has 0 aliphatic carbocycles. The molecule has 1 saturated heterocycles. The van der Waals surface area contributed by atoms with E-state index in [1.165, 1.54) is 19.1 Å². The molecule has 0 radical (unpaired) electrons. The van der Waals surface area contributed by atoms with E-state index in [-0.39, 0.29) is 10.5 Å². The van der Waals surface area contributed by atoms with Crippen LogP contribution in [0, 0.1) is 30.1 Å². The van der Waals surface area contributed by atoms with Crippen molar-refractivity contribution < 1.29 is 31.5 Å². The molecule has 130 valence electrons. The number of rotatable bonds is 3. The summed E-state index contributed by atoms with van der Waals surface area (Å²) in [5.41, 5.74) is 0.604. The van der Waals surface area contributed by atoms with Crippen LogP contribution in [-0.4, -0.2) is 43.1 Å². The smallest absolute Gasteiger partial charge is 0.393 e. The van der Waals surface area contributed by atoms with Gasteiger partial charge in [0.25, 0.3) is 0 Å². The molecule has 1 N–H and O–H groups in total. The van der Waals surface area contributed by atoms with Gasteiger partial charge in [0.05, 0.1) is 28.4 Å². The molecule has 0 amide bonds. The Hall–Kier alpha value is -2.12. The van der Waals surface area contributed by atoms with E-state index in [1.807, 2.05) is 6.07 Å². The average molecular weight is 362 g/mol. The molecule has 2 rings (SSSR count). The number of carboxylic acid groups (broad SMARTS) is 1. The van der Waals surface area contributed by atoms with Crippen LogP contribution in [-0.2, 0) is 14.8 Å². The SMILES string of the molecule is Cc1cc(S(=O)(=O)N2C[C@@H](C(F)(F)F)[C@H](C(=O)O)C2)ccc1C#N. The van der Waals surface area contributed by atoms with Gasteiger partial charge in [0.15, 0.2) is 0 Å². The summed E-state index contributed by atoms with van der Waals surface area (Å²) >= 11 is 0. The van der Waals surface area contributed by atoms with Crippen molar-refractivity contribution in [2.24, 2.45) is 11.8 Å². The Labute approximate surface area is 136 Å². The maximum atomic E-state index is 13.0. The molecule has 1 heterocycles. The Balaban J connectivity index is 2.39. The number of aryl methyl sites for hydroxylation is 1. The first-order valence-electron chi connectivity index (χ1n) is 6.79. The summed E-state index contributed by atoms with van der Waals surface area (Å²) in [4.78, 5) is 10.8. The molecule has 1 aliphatic rings. The Morgan fingerprint density at radius 2 is 2.00 bits per heavy atom. The molecule has 0 spiro atoms. The first-order chi connectivity index (χ1) is 11.0. The lowest BCUT2D eigenvalue weighted by atomic mass is 9.96. The van der Waals surface area contributed by atoms with Crippen LogP contribution in [0.3, 0.4) is 0 Å². The van der Waals surface area contributed by atoms with Gasteiger partial charge in [-0.15, -0.1) is 0 Å². The Kier molecular flexibility index (Phi) is 4.61. The molecule has 0 saturated carbocycles. The van der Waals surface area contributed by atoms with Crippen molar-refractivity contribution in [3.8, 4) is 6.07 Å². The molecular formula is C14H13F3N2O4S. The fourth-order valence-electron chi connectivity index (χ4n) is 2.62. The minimum Gasteiger partial charge on any atom is -0.481 e. The van der Waals surface area contributed by atoms with Crippen molar-refractivity contribution in [3.63, 3.8) is 0 Å². The highest BCUT2D eigenvalue weighted by Crippen LogP contribution is 2.39. The number of carbonyl (C=O) groups is 1. The molecule has 1 aliphatic heterocycles. The van der Waals surface area contributed by atoms with E-state index < -0.39 is 47.1 Å². The predicted molar refractivity (Wildman–Crippen MR) is 75.3 cm³/mol. The van der Waals surface area contributed by atoms with Crippen LogP contribution in [0.15, 0.2) is 23.1 Å². The quantitative estimate of drug-likeness (QED) is 0.883. The molecule has 0 bridgehead atoms. The zero-order chi connectivity index (χ0) is 18.3. The van der Waals surface area contributed by atoms with Gasteiger partial charge < -0.3 is 5.11 Å². The monoisotopic (exact) mass is 362 g/mol. The maximum Gasteiger partial charge on any atom is 0.393 e. The van der Waals surface area contributed by atoms with Crippen molar-refractivity contribution >= 4 is 16.0 Å². The molecule has 0 unspecified atom stereocenters. The Morgan fingerprint density at radius 3 is 2.42 bits per heavy atom. The van der Waals surface area contributed by atoms with Crippen LogP contribution in [0.1, 0.15) is 11.1 Å². The molecular weight excluding hydrogens is 349 g/mol. The van der Waals surface area contributed by atoms with Gasteiger partial charge in [0.2, 0.25) is 10.0 Å². The van der Waals surface area contributed by atoms with Crippen LogP contribution < -0.4 is 0 Å². The van der Waals surface area contributed by atoms with Gasteiger partial charge in [-0.3, -0.25) is 4.79 Å². The van der Waals surface area contributed by atoms with Gasteiger partial charge in [0, 0.05) is 13.1 Å². The van der Waals surface area contributed by atoms with Crippen LogP contribution in [0.5, 0.6) is 0 Å². The summed E-state index contributed by atoms with van der Waals surface area (Å²) in [7, 11) is -4.29. The van der Waals surface area contributed by atoms with E-state index >= 15 is 0 Å². The van der Waals surface area contributed by atoms with Crippen LogP contribution >= 0.6 is 0 Å². The summed E-state index contributed by atoms with van der Waals surface area (Å²) in [6.07, 6.45) is -4.81. The van der Waals surface area contributed by atoms with E-state index in [0.29, 0.717) is 9.87 Å². The number of nitriles is 1. The summed E-state index contributed by atoms with van der Waals surface area (Å²) in [6.45, 7) is -0.192. The highest BCUT2D eigenvalue weighted by atomic mass is 32.2. The Morgan fingerprint density at radius 1 is 1.38 bits per heavy atom. The highest BCUT2D eigenvalue weighted by Gasteiger charge is 2.54. The Bertz CT molecular complexity index is 814. The lowest BCUT2D eigenvalue weighted by Crippen LogP contribution is -2.34. The molecule has 10 heteroatoms. The lowest BCUT2D eigenvalue weighted by Gasteiger charge is -2.18. The fraction of sp³-hybridized carbons (Fsp3) is 0.429. The highest BCUT2D eigenvalue weighted by molar-refractivity contribution is 7.89. The molecule has 1 aromatic rings. The van der Waals surface area contributed by atoms with E-state index in [4.69, 9.17) is 10.4 Å². The van der Waals surface area contributed by atoms with Gasteiger partial charge in [-0.25, -0.2) is 8.42 Å². The van der Waals surface area contributed by atoms with Crippen LogP contribution in [0.25, 0.3) is 0 Å². The van der Waals surface area contributed by atoms with Crippen molar-refractivity contribution in [1.29, 1.82) is 5.26 Å². The number of halogens is 3. The third-order valence-corrected chi connectivity index (χ3v) is 5.81. The summed E-state index contributed by atoms with van der Waals surface area (Å²) in [5, 5.41) is 17.8. The van der Waals surface area contributed by atoms with Crippen molar-refractivity contribution in [2.45, 2.75) is 18.0 Å². The van der Waals surface area contributed by atoms with E-state index in [1.54, 1.807) is 0 Å². The number of alkyl halides is 3. The van der Waals surface area contributed by atoms with Gasteiger partial charge in [-0.1, -0.05) is 0 Å². The van der Waals surface area contributed by atoms with Crippen molar-refractivity contribution in [2.75, 3.05) is 13.1 Å². The first-order valence-corrected chi connectivity index (χ1v) is 8.23. The average Bonchev–Trinajstić information content (AvgIpc) is 2.93. The maximum absolute atomic E-state index is 13.0. The second-order valence-corrected chi connectivity index (χ2v) is 7.44. The summed E-state index contributed by atoms with van der Waals surface area (Å²) in [5.74, 6) is -5.80. The van der Waals surface area contributed by atoms with Gasteiger partial charge >= 0.3 is 12.1 Å². The van der Waals surface area contributed by atoms with Gasteiger partial charge in [0.1, 0.15) is 0 Å². The molecule has 24 heavy (non-hydrogen) atoms. The minimum absolute atomic E-state index is 0.243. The van der Waals surface area contributed by atoms with Crippen LogP contribution in [0.2, 0.25) is 0 Å². The fourth-order valence-corrected chi connectivity index (χ4v) is 4.19. The zero-order valence-corrected chi connectivity index (χ0v) is 13.2. The second kappa shape index (κ2) is 6.07. The number of sulfonamides is 1. The summed E-state index contributed by atoms with van der Waals surface area (Å²) < 4.78 is 64.5. The standard InChI is InChI=1S/C14H13F3N2O4S/c1-8-4-10(3-2-9(8)5-18)24(22,23)19-6-11(13(20)21)12(7-19)14(15,16)17/h2-4,11-12H,6-7H2,1H3,(H,20,21)/t11-,12-/m1/s1. The molecule has 1 fully saturated rings. The van der Waals surface area contributed by atoms with Gasteiger partial charge in [-0.05, 0) is 30.7 Å². The topological polar surface area (TPSA) is 98.5 Å². The van der Waals surface area contributed by atoms with E-state index in [2.05, 4.69) is 0 Å². The second-order valence-electron chi connectivity index (χ2n) is 5.50. The minimum atomic E-state index is -4.81.